The van der Waals surface area contributed by atoms with E-state index in [1.165, 1.54) is 0 Å². The molecule has 2 N–H and O–H groups in total. The summed E-state index contributed by atoms with van der Waals surface area (Å²) in [6, 6.07) is 5.26. The second kappa shape index (κ2) is 6.15. The fourth-order valence-corrected chi connectivity index (χ4v) is 3.14. The van der Waals surface area contributed by atoms with Gasteiger partial charge in [0.2, 0.25) is 0 Å². The molecule has 1 aliphatic carbocycles. The molecule has 0 heterocycles. The van der Waals surface area contributed by atoms with Crippen molar-refractivity contribution in [3.63, 3.8) is 0 Å². The number of amides is 1. The normalized spacial score (nSPS) is 26.3. The Morgan fingerprint density at radius 3 is 3.00 bits per heavy atom. The summed E-state index contributed by atoms with van der Waals surface area (Å²) >= 11 is 5.93. The molecule has 0 spiro atoms. The number of aliphatic hydroxyl groups is 1. The molecule has 2 rings (SSSR count). The number of carbonyl (C=O) groups is 1. The lowest BCUT2D eigenvalue weighted by Gasteiger charge is -2.35. The highest BCUT2D eigenvalue weighted by atomic mass is 35.5. The van der Waals surface area contributed by atoms with Crippen LogP contribution in [0.3, 0.4) is 0 Å². The van der Waals surface area contributed by atoms with Crippen molar-refractivity contribution in [1.29, 1.82) is 0 Å². The molecule has 0 saturated heterocycles. The highest BCUT2D eigenvalue weighted by molar-refractivity contribution is 6.31. The lowest BCUT2D eigenvalue weighted by molar-refractivity contribution is -0.0109. The molecule has 2 unspecified atom stereocenters. The standard InChI is InChI=1S/C16H22ClNO2/c1-11-4-3-7-16(20,9-11)10-18-15(19)14-8-13(17)6-5-12(14)2/h5-6,8,11,20H,3-4,7,9-10H2,1-2H3,(H,18,19). The number of hydrogen-bond acceptors (Lipinski definition) is 2. The predicted molar refractivity (Wildman–Crippen MR) is 81.1 cm³/mol. The van der Waals surface area contributed by atoms with Gasteiger partial charge in [-0.2, -0.15) is 0 Å². The summed E-state index contributed by atoms with van der Waals surface area (Å²) < 4.78 is 0. The first kappa shape index (κ1) is 15.3. The van der Waals surface area contributed by atoms with Gasteiger partial charge in [-0.3, -0.25) is 4.79 Å². The first-order chi connectivity index (χ1) is 9.39. The van der Waals surface area contributed by atoms with Crippen molar-refractivity contribution in [1.82, 2.24) is 5.32 Å². The monoisotopic (exact) mass is 295 g/mol. The van der Waals surface area contributed by atoms with E-state index in [4.69, 9.17) is 11.6 Å². The number of nitrogens with one attached hydrogen (secondary N) is 1. The number of benzene rings is 1. The third-order valence-electron chi connectivity index (χ3n) is 4.09. The van der Waals surface area contributed by atoms with Crippen LogP contribution in [-0.2, 0) is 0 Å². The second-order valence-corrected chi connectivity index (χ2v) is 6.50. The van der Waals surface area contributed by atoms with Gasteiger partial charge in [0.25, 0.3) is 5.91 Å². The zero-order valence-electron chi connectivity index (χ0n) is 12.1. The van der Waals surface area contributed by atoms with Crippen LogP contribution in [0.4, 0.5) is 0 Å². The SMILES string of the molecule is Cc1ccc(Cl)cc1C(=O)NCC1(O)CCCC(C)C1. The van der Waals surface area contributed by atoms with E-state index in [2.05, 4.69) is 12.2 Å². The van der Waals surface area contributed by atoms with Crippen LogP contribution in [-0.4, -0.2) is 23.2 Å². The van der Waals surface area contributed by atoms with Crippen molar-refractivity contribution in [2.75, 3.05) is 6.54 Å². The van der Waals surface area contributed by atoms with Crippen LogP contribution in [0.15, 0.2) is 18.2 Å². The van der Waals surface area contributed by atoms with Crippen molar-refractivity contribution in [2.45, 2.75) is 45.1 Å². The summed E-state index contributed by atoms with van der Waals surface area (Å²) in [5.74, 6) is 0.343. The highest BCUT2D eigenvalue weighted by Gasteiger charge is 2.32. The molecule has 0 aromatic heterocycles. The summed E-state index contributed by atoms with van der Waals surface area (Å²) in [6.45, 7) is 4.33. The van der Waals surface area contributed by atoms with Gasteiger partial charge >= 0.3 is 0 Å². The van der Waals surface area contributed by atoms with E-state index in [9.17, 15) is 9.90 Å². The quantitative estimate of drug-likeness (QED) is 0.899. The Labute approximate surface area is 125 Å². The molecule has 0 aliphatic heterocycles. The average Bonchev–Trinajstić information content (AvgIpc) is 2.39. The van der Waals surface area contributed by atoms with Crippen LogP contribution >= 0.6 is 11.6 Å². The van der Waals surface area contributed by atoms with Crippen molar-refractivity contribution in [2.24, 2.45) is 5.92 Å². The van der Waals surface area contributed by atoms with Crippen molar-refractivity contribution >= 4 is 17.5 Å². The first-order valence-corrected chi connectivity index (χ1v) is 7.54. The van der Waals surface area contributed by atoms with E-state index in [-0.39, 0.29) is 5.91 Å². The van der Waals surface area contributed by atoms with Crippen LogP contribution in [0, 0.1) is 12.8 Å². The van der Waals surface area contributed by atoms with Gasteiger partial charge in [0.05, 0.1) is 5.60 Å². The Kier molecular flexibility index (Phi) is 4.71. The molecule has 1 aromatic rings. The van der Waals surface area contributed by atoms with Gasteiger partial charge in [0.15, 0.2) is 0 Å². The molecule has 1 saturated carbocycles. The summed E-state index contributed by atoms with van der Waals surface area (Å²) in [7, 11) is 0. The minimum atomic E-state index is -0.764. The molecule has 0 radical (unpaired) electrons. The zero-order valence-corrected chi connectivity index (χ0v) is 12.8. The van der Waals surface area contributed by atoms with Crippen molar-refractivity contribution < 1.29 is 9.90 Å². The summed E-state index contributed by atoms with van der Waals surface area (Å²) in [5, 5.41) is 13.9. The minimum absolute atomic E-state index is 0.170. The molecule has 3 nitrogen and oxygen atoms in total. The fourth-order valence-electron chi connectivity index (χ4n) is 2.97. The molecule has 110 valence electrons. The number of carbonyl (C=O) groups excluding carboxylic acids is 1. The summed E-state index contributed by atoms with van der Waals surface area (Å²) in [5.41, 5.74) is 0.695. The third-order valence-corrected chi connectivity index (χ3v) is 4.32. The molecule has 20 heavy (non-hydrogen) atoms. The lowest BCUT2D eigenvalue weighted by Crippen LogP contribution is -2.45. The van der Waals surface area contributed by atoms with Crippen LogP contribution < -0.4 is 5.32 Å². The largest absolute Gasteiger partial charge is 0.388 e. The molecule has 4 heteroatoms. The topological polar surface area (TPSA) is 49.3 Å². The number of hydrogen-bond donors (Lipinski definition) is 2. The van der Waals surface area contributed by atoms with E-state index >= 15 is 0 Å². The van der Waals surface area contributed by atoms with Crippen molar-refractivity contribution in [3.8, 4) is 0 Å². The van der Waals surface area contributed by atoms with E-state index in [0.717, 1.165) is 31.2 Å². The third kappa shape index (κ3) is 3.74. The minimum Gasteiger partial charge on any atom is -0.388 e. The molecule has 1 fully saturated rings. The first-order valence-electron chi connectivity index (χ1n) is 7.16. The molecular formula is C16H22ClNO2. The predicted octanol–water partition coefficient (Wildman–Crippen LogP) is 3.32. The molecule has 1 aliphatic rings. The Morgan fingerprint density at radius 2 is 2.30 bits per heavy atom. The molecule has 1 amide bonds. The van der Waals surface area contributed by atoms with Gasteiger partial charge < -0.3 is 10.4 Å². The van der Waals surface area contributed by atoms with Crippen molar-refractivity contribution in [3.05, 3.63) is 34.3 Å². The van der Waals surface area contributed by atoms with Crippen LogP contribution in [0.2, 0.25) is 5.02 Å². The Balaban J connectivity index is 1.99. The van der Waals surface area contributed by atoms with Crippen LogP contribution in [0.25, 0.3) is 0 Å². The number of aryl methyl sites for hydroxylation is 1. The van der Waals surface area contributed by atoms with Gasteiger partial charge in [0.1, 0.15) is 0 Å². The smallest absolute Gasteiger partial charge is 0.251 e. The van der Waals surface area contributed by atoms with Gasteiger partial charge in [-0.05, 0) is 43.4 Å². The zero-order chi connectivity index (χ0) is 14.8. The maximum absolute atomic E-state index is 12.2. The van der Waals surface area contributed by atoms with Gasteiger partial charge in [0, 0.05) is 17.1 Å². The van der Waals surface area contributed by atoms with E-state index in [1.807, 2.05) is 13.0 Å². The second-order valence-electron chi connectivity index (χ2n) is 6.07. The van der Waals surface area contributed by atoms with Gasteiger partial charge in [-0.15, -0.1) is 0 Å². The molecule has 0 bridgehead atoms. The maximum atomic E-state index is 12.2. The van der Waals surface area contributed by atoms with Gasteiger partial charge in [-0.25, -0.2) is 0 Å². The van der Waals surface area contributed by atoms with E-state index in [1.54, 1.807) is 12.1 Å². The Bertz CT molecular complexity index is 503. The van der Waals surface area contributed by atoms with E-state index < -0.39 is 5.60 Å². The Hall–Kier alpha value is -1.06. The van der Waals surface area contributed by atoms with Crippen LogP contribution in [0.1, 0.15) is 48.5 Å². The summed E-state index contributed by atoms with van der Waals surface area (Å²) in [4.78, 5) is 12.2. The average molecular weight is 296 g/mol. The van der Waals surface area contributed by atoms with E-state index in [0.29, 0.717) is 23.0 Å². The fraction of sp³-hybridized carbons (Fsp3) is 0.562. The maximum Gasteiger partial charge on any atom is 0.251 e. The lowest BCUT2D eigenvalue weighted by atomic mass is 9.79. The molecular weight excluding hydrogens is 274 g/mol. The summed E-state index contributed by atoms with van der Waals surface area (Å²) in [6.07, 6.45) is 3.68. The highest BCUT2D eigenvalue weighted by Crippen LogP contribution is 2.31. The molecule has 1 aromatic carbocycles. The number of rotatable bonds is 3. The van der Waals surface area contributed by atoms with Crippen LogP contribution in [0.5, 0.6) is 0 Å². The molecule has 2 atom stereocenters. The van der Waals surface area contributed by atoms with Gasteiger partial charge in [-0.1, -0.05) is 37.4 Å². The Morgan fingerprint density at radius 1 is 1.55 bits per heavy atom. The number of halogens is 1.